The molecule has 0 aliphatic rings. The predicted molar refractivity (Wildman–Crippen MR) is 94.1 cm³/mol. The Balaban J connectivity index is 0.000000377. The van der Waals surface area contributed by atoms with Crippen molar-refractivity contribution in [1.29, 1.82) is 0 Å². The Bertz CT molecular complexity index is 463. The van der Waals surface area contributed by atoms with Crippen molar-refractivity contribution in [3.63, 3.8) is 0 Å². The lowest BCUT2D eigenvalue weighted by Gasteiger charge is -2.21. The molecule has 0 spiro atoms. The smallest absolute Gasteiger partial charge is 0.120 e. The van der Waals surface area contributed by atoms with Crippen LogP contribution < -0.4 is 4.74 Å². The zero-order chi connectivity index (χ0) is 16.3. The van der Waals surface area contributed by atoms with E-state index >= 15 is 0 Å². The summed E-state index contributed by atoms with van der Waals surface area (Å²) in [6.45, 7) is 14.3. The van der Waals surface area contributed by atoms with Crippen molar-refractivity contribution in [2.75, 3.05) is 0 Å². The molecule has 21 heavy (non-hydrogen) atoms. The molecule has 0 saturated carbocycles. The molecule has 0 unspecified atom stereocenters. The van der Waals surface area contributed by atoms with Gasteiger partial charge in [-0.2, -0.15) is 0 Å². The van der Waals surface area contributed by atoms with Crippen LogP contribution in [0.3, 0.4) is 0 Å². The molecule has 0 heterocycles. The third kappa shape index (κ3) is 10.7. The highest BCUT2D eigenvalue weighted by molar-refractivity contribution is 5.26. The van der Waals surface area contributed by atoms with Crippen LogP contribution >= 0.6 is 0 Å². The van der Waals surface area contributed by atoms with Crippen molar-refractivity contribution >= 4 is 0 Å². The molecule has 1 heteroatoms. The van der Waals surface area contributed by atoms with Gasteiger partial charge in [0.15, 0.2) is 0 Å². The molecule has 0 radical (unpaired) electrons. The van der Waals surface area contributed by atoms with Crippen molar-refractivity contribution < 1.29 is 4.74 Å². The first-order chi connectivity index (χ1) is 9.87. The van der Waals surface area contributed by atoms with Crippen LogP contribution in [0.5, 0.6) is 5.75 Å². The maximum absolute atomic E-state index is 5.66. The van der Waals surface area contributed by atoms with Gasteiger partial charge in [0.1, 0.15) is 11.4 Å². The molecular weight excluding hydrogens is 256 g/mol. The van der Waals surface area contributed by atoms with Crippen molar-refractivity contribution in [2.24, 2.45) is 0 Å². The monoisotopic (exact) mass is 286 g/mol. The van der Waals surface area contributed by atoms with Crippen molar-refractivity contribution in [2.45, 2.75) is 54.1 Å². The second kappa shape index (κ2) is 10.0. The maximum atomic E-state index is 5.66. The minimum absolute atomic E-state index is 0.102. The van der Waals surface area contributed by atoms with E-state index in [9.17, 15) is 0 Å². The molecule has 0 atom stereocenters. The molecule has 0 aliphatic heterocycles. The van der Waals surface area contributed by atoms with E-state index in [1.165, 1.54) is 11.1 Å². The second-order valence-corrected chi connectivity index (χ2v) is 5.68. The fourth-order valence-electron chi connectivity index (χ4n) is 1.49. The topological polar surface area (TPSA) is 9.23 Å². The molecule has 0 aliphatic carbocycles. The van der Waals surface area contributed by atoms with Crippen LogP contribution in [0.1, 0.15) is 45.7 Å². The Morgan fingerprint density at radius 3 is 1.43 bits per heavy atom. The highest BCUT2D eigenvalue weighted by Crippen LogP contribution is 2.17. The van der Waals surface area contributed by atoms with Gasteiger partial charge in [0, 0.05) is 0 Å². The summed E-state index contributed by atoms with van der Waals surface area (Å²) in [7, 11) is 0. The van der Waals surface area contributed by atoms with Gasteiger partial charge in [0.2, 0.25) is 0 Å². The number of rotatable bonds is 1. The Labute approximate surface area is 131 Å². The molecule has 0 amide bonds. The van der Waals surface area contributed by atoms with Crippen LogP contribution in [-0.4, -0.2) is 5.60 Å². The molecule has 2 aromatic rings. The van der Waals surface area contributed by atoms with E-state index in [1.54, 1.807) is 0 Å². The number of aryl methyl sites for hydroxylation is 2. The normalized spacial score (nSPS) is 9.67. The van der Waals surface area contributed by atoms with E-state index in [0.717, 1.165) is 5.75 Å². The number of hydrogen-bond donors (Lipinski definition) is 0. The van der Waals surface area contributed by atoms with Gasteiger partial charge in [0.05, 0.1) is 0 Å². The molecule has 1 nitrogen and oxygen atoms in total. The minimum atomic E-state index is -0.102. The van der Waals surface area contributed by atoms with Gasteiger partial charge in [-0.3, -0.25) is 0 Å². The molecule has 116 valence electrons. The SMILES string of the molecule is CC.Cc1ccc(OC(C)(C)C)cc1.Cc1ccccc1. The molecule has 2 rings (SSSR count). The molecule has 0 saturated heterocycles. The summed E-state index contributed by atoms with van der Waals surface area (Å²) in [6, 6.07) is 18.4. The van der Waals surface area contributed by atoms with E-state index < -0.39 is 0 Å². The molecule has 0 fully saturated rings. The quantitative estimate of drug-likeness (QED) is 0.607. The molecule has 0 aromatic heterocycles. The fraction of sp³-hybridized carbons (Fsp3) is 0.400. The summed E-state index contributed by atoms with van der Waals surface area (Å²) >= 11 is 0. The Kier molecular flexibility index (Phi) is 9.20. The summed E-state index contributed by atoms with van der Waals surface area (Å²) in [5.41, 5.74) is 2.48. The summed E-state index contributed by atoms with van der Waals surface area (Å²) in [5, 5.41) is 0. The fourth-order valence-corrected chi connectivity index (χ4v) is 1.49. The zero-order valence-electron chi connectivity index (χ0n) is 14.6. The van der Waals surface area contributed by atoms with E-state index in [2.05, 4.69) is 38.1 Å². The van der Waals surface area contributed by atoms with Crippen LogP contribution in [0.2, 0.25) is 0 Å². The van der Waals surface area contributed by atoms with Crippen molar-refractivity contribution in [3.8, 4) is 5.75 Å². The highest BCUT2D eigenvalue weighted by Gasteiger charge is 2.10. The highest BCUT2D eigenvalue weighted by atomic mass is 16.5. The zero-order valence-corrected chi connectivity index (χ0v) is 14.6. The van der Waals surface area contributed by atoms with Gasteiger partial charge < -0.3 is 4.74 Å². The van der Waals surface area contributed by atoms with Crippen molar-refractivity contribution in [3.05, 3.63) is 65.7 Å². The van der Waals surface area contributed by atoms with Crippen LogP contribution in [-0.2, 0) is 0 Å². The molecule has 0 bridgehead atoms. The van der Waals surface area contributed by atoms with E-state index in [0.29, 0.717) is 0 Å². The van der Waals surface area contributed by atoms with Gasteiger partial charge in [0.25, 0.3) is 0 Å². The van der Waals surface area contributed by atoms with Crippen LogP contribution in [0.15, 0.2) is 54.6 Å². The van der Waals surface area contributed by atoms with Crippen LogP contribution in [0, 0.1) is 13.8 Å². The molecule has 0 N–H and O–H groups in total. The summed E-state index contributed by atoms with van der Waals surface area (Å²) < 4.78 is 5.66. The Morgan fingerprint density at radius 2 is 1.10 bits per heavy atom. The lowest BCUT2D eigenvalue weighted by Crippen LogP contribution is -2.22. The number of benzene rings is 2. The van der Waals surface area contributed by atoms with E-state index in [1.807, 2.05) is 65.0 Å². The van der Waals surface area contributed by atoms with Crippen LogP contribution in [0.4, 0.5) is 0 Å². The van der Waals surface area contributed by atoms with Gasteiger partial charge in [-0.25, -0.2) is 0 Å². The standard InChI is InChI=1S/C11H16O.C7H8.C2H6/c1-9-5-7-10(8-6-9)12-11(2,3)4;1-7-5-3-2-4-6-7;1-2/h5-8H,1-4H3;2-6H,1H3;1-2H3. The van der Waals surface area contributed by atoms with Gasteiger partial charge >= 0.3 is 0 Å². The van der Waals surface area contributed by atoms with Crippen LogP contribution in [0.25, 0.3) is 0 Å². The Morgan fingerprint density at radius 1 is 0.667 bits per heavy atom. The minimum Gasteiger partial charge on any atom is -0.488 e. The van der Waals surface area contributed by atoms with E-state index in [-0.39, 0.29) is 5.60 Å². The summed E-state index contributed by atoms with van der Waals surface area (Å²) in [5.74, 6) is 0.938. The average Bonchev–Trinajstić information content (AvgIpc) is 2.44. The summed E-state index contributed by atoms with van der Waals surface area (Å²) in [4.78, 5) is 0. The first-order valence-electron chi connectivity index (χ1n) is 7.64. The van der Waals surface area contributed by atoms with Gasteiger partial charge in [-0.15, -0.1) is 0 Å². The lowest BCUT2D eigenvalue weighted by molar-refractivity contribution is 0.131. The Hall–Kier alpha value is -1.76. The first-order valence-corrected chi connectivity index (χ1v) is 7.64. The van der Waals surface area contributed by atoms with E-state index in [4.69, 9.17) is 4.74 Å². The third-order valence-electron chi connectivity index (χ3n) is 2.39. The van der Waals surface area contributed by atoms with Gasteiger partial charge in [-0.05, 0) is 46.8 Å². The maximum Gasteiger partial charge on any atom is 0.120 e. The van der Waals surface area contributed by atoms with Crippen molar-refractivity contribution in [1.82, 2.24) is 0 Å². The molecular formula is C20H30O. The lowest BCUT2D eigenvalue weighted by atomic mass is 10.2. The first kappa shape index (κ1) is 19.2. The number of ether oxygens (including phenoxy) is 1. The third-order valence-corrected chi connectivity index (χ3v) is 2.39. The predicted octanol–water partition coefficient (Wildman–Crippen LogP) is 6.19. The second-order valence-electron chi connectivity index (χ2n) is 5.68. The average molecular weight is 286 g/mol. The molecule has 2 aromatic carbocycles. The summed E-state index contributed by atoms with van der Waals surface area (Å²) in [6.07, 6.45) is 0. The van der Waals surface area contributed by atoms with Gasteiger partial charge in [-0.1, -0.05) is 67.4 Å². The number of hydrogen-bond acceptors (Lipinski definition) is 1. The largest absolute Gasteiger partial charge is 0.488 e.